The van der Waals surface area contributed by atoms with Crippen LogP contribution in [0.15, 0.2) is 24.3 Å². The first-order chi connectivity index (χ1) is 11.2. The minimum Gasteiger partial charge on any atom is -0.347 e. The van der Waals surface area contributed by atoms with E-state index in [2.05, 4.69) is 10.4 Å². The van der Waals surface area contributed by atoms with E-state index in [1.54, 1.807) is 0 Å². The summed E-state index contributed by atoms with van der Waals surface area (Å²) < 4.78 is 51.3. The Morgan fingerprint density at radius 2 is 2.08 bits per heavy atom. The van der Waals surface area contributed by atoms with E-state index in [-0.39, 0.29) is 28.5 Å². The summed E-state index contributed by atoms with van der Waals surface area (Å²) in [7, 11) is -1.60. The van der Waals surface area contributed by atoms with Crippen molar-refractivity contribution in [1.29, 1.82) is 0 Å². The van der Waals surface area contributed by atoms with Gasteiger partial charge >= 0.3 is 0 Å². The Hall–Kier alpha value is -2.29. The maximum atomic E-state index is 13.9. The maximum absolute atomic E-state index is 13.9. The van der Waals surface area contributed by atoms with Crippen molar-refractivity contribution in [2.24, 2.45) is 7.05 Å². The standard InChI is InChI=1S/C15H15F2N3O3S/c1-20-14(11-6-9(16)2-3-12(11)17)7-13(19-20)15(21)18-10-4-5-24(22,23)8-10/h2-3,6-7,10H,4-5,8H2,1H3,(H,18,21). The topological polar surface area (TPSA) is 81.1 Å². The number of nitrogens with zero attached hydrogens (tertiary/aromatic N) is 2. The molecular formula is C15H15F2N3O3S. The van der Waals surface area contributed by atoms with E-state index in [1.165, 1.54) is 17.8 Å². The number of sulfone groups is 1. The molecule has 2 heterocycles. The van der Waals surface area contributed by atoms with Crippen LogP contribution in [0.1, 0.15) is 16.9 Å². The summed E-state index contributed by atoms with van der Waals surface area (Å²) in [5.41, 5.74) is 0.254. The zero-order valence-corrected chi connectivity index (χ0v) is 13.6. The van der Waals surface area contributed by atoms with E-state index in [4.69, 9.17) is 0 Å². The first kappa shape index (κ1) is 16.6. The Morgan fingerprint density at radius 1 is 1.33 bits per heavy atom. The van der Waals surface area contributed by atoms with Crippen LogP contribution in [0, 0.1) is 11.6 Å². The van der Waals surface area contributed by atoms with Crippen LogP contribution in [0.5, 0.6) is 0 Å². The number of nitrogens with one attached hydrogen (secondary N) is 1. The highest BCUT2D eigenvalue weighted by molar-refractivity contribution is 7.91. The second kappa shape index (κ2) is 5.97. The number of hydrogen-bond donors (Lipinski definition) is 1. The fourth-order valence-corrected chi connectivity index (χ4v) is 4.37. The van der Waals surface area contributed by atoms with Crippen molar-refractivity contribution in [1.82, 2.24) is 15.1 Å². The number of carbonyl (C=O) groups excluding carboxylic acids is 1. The van der Waals surface area contributed by atoms with Gasteiger partial charge in [-0.1, -0.05) is 0 Å². The summed E-state index contributed by atoms with van der Waals surface area (Å²) in [5.74, 6) is -1.84. The third-order valence-corrected chi connectivity index (χ3v) is 5.65. The highest BCUT2D eigenvalue weighted by Crippen LogP contribution is 2.24. The molecule has 24 heavy (non-hydrogen) atoms. The summed E-state index contributed by atoms with van der Waals surface area (Å²) in [6.45, 7) is 0. The van der Waals surface area contributed by atoms with Crippen LogP contribution in [0.3, 0.4) is 0 Å². The number of hydrogen-bond acceptors (Lipinski definition) is 4. The van der Waals surface area contributed by atoms with Gasteiger partial charge in [0, 0.05) is 18.7 Å². The van der Waals surface area contributed by atoms with E-state index in [9.17, 15) is 22.0 Å². The van der Waals surface area contributed by atoms with Crippen LogP contribution in [0.4, 0.5) is 8.78 Å². The summed E-state index contributed by atoms with van der Waals surface area (Å²) in [6, 6.07) is 3.91. The minimum absolute atomic E-state index is 0.00695. The molecule has 1 aromatic heterocycles. The van der Waals surface area contributed by atoms with Crippen LogP contribution in [0.2, 0.25) is 0 Å². The molecule has 0 radical (unpaired) electrons. The molecule has 0 spiro atoms. The average Bonchev–Trinajstić information content (AvgIpc) is 3.04. The first-order valence-corrected chi connectivity index (χ1v) is 9.08. The van der Waals surface area contributed by atoms with Gasteiger partial charge in [-0.2, -0.15) is 5.10 Å². The molecule has 0 saturated carbocycles. The van der Waals surface area contributed by atoms with Gasteiger partial charge in [0.15, 0.2) is 15.5 Å². The number of rotatable bonds is 3. The van der Waals surface area contributed by atoms with Crippen molar-refractivity contribution in [2.75, 3.05) is 11.5 Å². The van der Waals surface area contributed by atoms with Crippen LogP contribution in [-0.2, 0) is 16.9 Å². The van der Waals surface area contributed by atoms with Gasteiger partial charge < -0.3 is 5.32 Å². The predicted octanol–water partition coefficient (Wildman–Crippen LogP) is 1.28. The van der Waals surface area contributed by atoms with Crippen molar-refractivity contribution in [2.45, 2.75) is 12.5 Å². The first-order valence-electron chi connectivity index (χ1n) is 7.26. The molecule has 2 aromatic rings. The zero-order valence-electron chi connectivity index (χ0n) is 12.8. The molecule has 1 aliphatic rings. The molecule has 1 amide bonds. The third kappa shape index (κ3) is 3.30. The van der Waals surface area contributed by atoms with Gasteiger partial charge in [-0.3, -0.25) is 9.48 Å². The van der Waals surface area contributed by atoms with Gasteiger partial charge in [0.1, 0.15) is 11.6 Å². The summed E-state index contributed by atoms with van der Waals surface area (Å²) >= 11 is 0. The molecule has 1 N–H and O–H groups in total. The molecule has 1 aliphatic heterocycles. The molecule has 0 bridgehead atoms. The molecule has 9 heteroatoms. The molecule has 1 unspecified atom stereocenters. The Labute approximate surface area is 137 Å². The molecule has 6 nitrogen and oxygen atoms in total. The number of aromatic nitrogens is 2. The van der Waals surface area contributed by atoms with Gasteiger partial charge in [0.2, 0.25) is 0 Å². The Kier molecular flexibility index (Phi) is 4.12. The average molecular weight is 355 g/mol. The van der Waals surface area contributed by atoms with Crippen LogP contribution >= 0.6 is 0 Å². The van der Waals surface area contributed by atoms with Crippen molar-refractivity contribution in [3.8, 4) is 11.3 Å². The molecular weight excluding hydrogens is 340 g/mol. The van der Waals surface area contributed by atoms with Crippen LogP contribution < -0.4 is 5.32 Å². The molecule has 1 saturated heterocycles. The summed E-state index contributed by atoms with van der Waals surface area (Å²) in [4.78, 5) is 12.2. The maximum Gasteiger partial charge on any atom is 0.272 e. The number of halogens is 2. The lowest BCUT2D eigenvalue weighted by molar-refractivity contribution is 0.0935. The molecule has 3 rings (SSSR count). The van der Waals surface area contributed by atoms with Crippen molar-refractivity contribution in [3.63, 3.8) is 0 Å². The van der Waals surface area contributed by atoms with E-state index < -0.39 is 33.4 Å². The fraction of sp³-hybridized carbons (Fsp3) is 0.333. The highest BCUT2D eigenvalue weighted by Gasteiger charge is 2.29. The van der Waals surface area contributed by atoms with E-state index in [0.717, 1.165) is 18.2 Å². The monoisotopic (exact) mass is 355 g/mol. The Morgan fingerprint density at radius 3 is 2.75 bits per heavy atom. The van der Waals surface area contributed by atoms with Gasteiger partial charge in [-0.15, -0.1) is 0 Å². The fourth-order valence-electron chi connectivity index (χ4n) is 2.69. The lowest BCUT2D eigenvalue weighted by atomic mass is 10.1. The molecule has 1 aromatic carbocycles. The number of aryl methyl sites for hydroxylation is 1. The minimum atomic E-state index is -3.11. The molecule has 0 aliphatic carbocycles. The smallest absolute Gasteiger partial charge is 0.272 e. The summed E-state index contributed by atoms with van der Waals surface area (Å²) in [5, 5.41) is 6.61. The van der Waals surface area contributed by atoms with Gasteiger partial charge in [0.25, 0.3) is 5.91 Å². The molecule has 128 valence electrons. The largest absolute Gasteiger partial charge is 0.347 e. The number of benzene rings is 1. The number of carbonyl (C=O) groups is 1. The van der Waals surface area contributed by atoms with Crippen LogP contribution in [0.25, 0.3) is 11.3 Å². The van der Waals surface area contributed by atoms with Gasteiger partial charge in [-0.05, 0) is 30.7 Å². The Bertz CT molecular complexity index is 909. The highest BCUT2D eigenvalue weighted by atomic mass is 32.2. The van der Waals surface area contributed by atoms with E-state index in [1.807, 2.05) is 0 Å². The zero-order chi connectivity index (χ0) is 17.5. The van der Waals surface area contributed by atoms with Crippen molar-refractivity contribution < 1.29 is 22.0 Å². The Balaban J connectivity index is 1.83. The second-order valence-electron chi connectivity index (χ2n) is 5.74. The lowest BCUT2D eigenvalue weighted by Crippen LogP contribution is -2.35. The van der Waals surface area contributed by atoms with E-state index in [0.29, 0.717) is 6.42 Å². The van der Waals surface area contributed by atoms with Gasteiger partial charge in [-0.25, -0.2) is 17.2 Å². The number of amides is 1. The van der Waals surface area contributed by atoms with Crippen LogP contribution in [-0.4, -0.2) is 41.7 Å². The van der Waals surface area contributed by atoms with Crippen molar-refractivity contribution >= 4 is 15.7 Å². The lowest BCUT2D eigenvalue weighted by Gasteiger charge is -2.08. The molecule has 1 fully saturated rings. The molecule has 1 atom stereocenters. The normalized spacial score (nSPS) is 19.4. The quantitative estimate of drug-likeness (QED) is 0.899. The van der Waals surface area contributed by atoms with E-state index >= 15 is 0 Å². The van der Waals surface area contributed by atoms with Gasteiger partial charge in [0.05, 0.1) is 17.2 Å². The second-order valence-corrected chi connectivity index (χ2v) is 7.96. The third-order valence-electron chi connectivity index (χ3n) is 3.88. The summed E-state index contributed by atoms with van der Waals surface area (Å²) in [6.07, 6.45) is 0.353. The SMILES string of the molecule is Cn1nc(C(=O)NC2CCS(=O)(=O)C2)cc1-c1cc(F)ccc1F. The predicted molar refractivity (Wildman–Crippen MR) is 83.1 cm³/mol. The van der Waals surface area contributed by atoms with Crippen molar-refractivity contribution in [3.05, 3.63) is 41.6 Å².